The highest BCUT2D eigenvalue weighted by atomic mass is 35.5. The van der Waals surface area contributed by atoms with Gasteiger partial charge in [0.2, 0.25) is 0 Å². The Labute approximate surface area is 131 Å². The maximum atomic E-state index is 12.1. The van der Waals surface area contributed by atoms with E-state index in [1.165, 1.54) is 14.0 Å². The first-order valence-electron chi connectivity index (χ1n) is 6.97. The minimum atomic E-state index is -1.35. The van der Waals surface area contributed by atoms with Crippen LogP contribution in [-0.4, -0.2) is 51.0 Å². The molecule has 6 nitrogen and oxygen atoms in total. The van der Waals surface area contributed by atoms with Gasteiger partial charge in [0, 0.05) is 13.0 Å². The third kappa shape index (κ3) is 6.63. The third-order valence-electron chi connectivity index (χ3n) is 3.01. The van der Waals surface area contributed by atoms with Gasteiger partial charge in [-0.3, -0.25) is 9.59 Å². The topological polar surface area (TPSA) is 71.1 Å². The summed E-state index contributed by atoms with van der Waals surface area (Å²) in [5.74, 6) is -0.947. The second-order valence-corrected chi connectivity index (χ2v) is 4.97. The Morgan fingerprint density at radius 3 is 2.05 bits per heavy atom. The Morgan fingerprint density at radius 1 is 1.14 bits per heavy atom. The van der Waals surface area contributed by atoms with Crippen molar-refractivity contribution in [1.29, 1.82) is 0 Å². The van der Waals surface area contributed by atoms with Gasteiger partial charge < -0.3 is 18.9 Å². The third-order valence-corrected chi connectivity index (χ3v) is 3.36. The quantitative estimate of drug-likeness (QED) is 0.251. The van der Waals surface area contributed by atoms with Crippen LogP contribution in [0.3, 0.4) is 0 Å². The van der Waals surface area contributed by atoms with Crippen LogP contribution in [0.15, 0.2) is 0 Å². The fraction of sp³-hybridized carbons (Fsp3) is 0.857. The molecule has 0 spiro atoms. The zero-order chi connectivity index (χ0) is 16.3. The monoisotopic (exact) mass is 324 g/mol. The van der Waals surface area contributed by atoms with Crippen molar-refractivity contribution in [2.75, 3.05) is 33.0 Å². The Hall–Kier alpha value is -0.850. The predicted octanol–water partition coefficient (Wildman–Crippen LogP) is 2.13. The van der Waals surface area contributed by atoms with Crippen molar-refractivity contribution < 1.29 is 28.5 Å². The fourth-order valence-electron chi connectivity index (χ4n) is 1.69. The average molecular weight is 325 g/mol. The molecule has 0 amide bonds. The molecular formula is C14H25ClO6. The standard InChI is InChI=1S/C14H25ClO6/c1-5-19-12(16)14(3,13(17)20-6-2)8-7-11(9-15)21-10-18-4/h11H,5-10H2,1-4H3/t11-/m0/s1. The van der Waals surface area contributed by atoms with Crippen LogP contribution in [0.4, 0.5) is 0 Å². The first kappa shape index (κ1) is 20.1. The van der Waals surface area contributed by atoms with Crippen LogP contribution in [0.1, 0.15) is 33.6 Å². The van der Waals surface area contributed by atoms with E-state index in [1.54, 1.807) is 13.8 Å². The number of alkyl halides is 1. The number of carbonyl (C=O) groups excluding carboxylic acids is 2. The predicted molar refractivity (Wildman–Crippen MR) is 78.1 cm³/mol. The van der Waals surface area contributed by atoms with E-state index in [9.17, 15) is 9.59 Å². The normalized spacial score (nSPS) is 12.8. The lowest BCUT2D eigenvalue weighted by Crippen LogP contribution is -2.40. The average Bonchev–Trinajstić information content (AvgIpc) is 2.47. The summed E-state index contributed by atoms with van der Waals surface area (Å²) in [5.41, 5.74) is -1.35. The van der Waals surface area contributed by atoms with Crippen LogP contribution in [0.2, 0.25) is 0 Å². The summed E-state index contributed by atoms with van der Waals surface area (Å²) in [6, 6.07) is 0. The second kappa shape index (κ2) is 10.8. The molecule has 0 rings (SSSR count). The molecule has 0 aliphatic carbocycles. The van der Waals surface area contributed by atoms with Gasteiger partial charge in [0.05, 0.1) is 19.3 Å². The van der Waals surface area contributed by atoms with E-state index in [2.05, 4.69) is 0 Å². The summed E-state index contributed by atoms with van der Waals surface area (Å²) in [5, 5.41) is 0. The van der Waals surface area contributed by atoms with Crippen molar-refractivity contribution >= 4 is 23.5 Å². The lowest BCUT2D eigenvalue weighted by Gasteiger charge is -2.26. The summed E-state index contributed by atoms with van der Waals surface area (Å²) in [6.45, 7) is 5.40. The lowest BCUT2D eigenvalue weighted by molar-refractivity contribution is -0.171. The Balaban J connectivity index is 4.81. The number of hydrogen-bond donors (Lipinski definition) is 0. The molecule has 0 aliphatic rings. The number of esters is 2. The number of methoxy groups -OCH3 is 1. The van der Waals surface area contributed by atoms with Gasteiger partial charge in [-0.1, -0.05) is 0 Å². The van der Waals surface area contributed by atoms with Crippen LogP contribution in [0, 0.1) is 5.41 Å². The van der Waals surface area contributed by atoms with E-state index in [-0.39, 0.29) is 38.4 Å². The lowest BCUT2D eigenvalue weighted by atomic mass is 9.84. The van der Waals surface area contributed by atoms with Crippen LogP contribution in [0.25, 0.3) is 0 Å². The van der Waals surface area contributed by atoms with Gasteiger partial charge in [0.1, 0.15) is 6.79 Å². The zero-order valence-electron chi connectivity index (χ0n) is 13.1. The van der Waals surface area contributed by atoms with E-state index >= 15 is 0 Å². The molecule has 0 radical (unpaired) electrons. The van der Waals surface area contributed by atoms with Gasteiger partial charge in [-0.2, -0.15) is 0 Å². The molecule has 7 heteroatoms. The van der Waals surface area contributed by atoms with Crippen molar-refractivity contribution in [2.24, 2.45) is 5.41 Å². The summed E-state index contributed by atoms with van der Waals surface area (Å²) in [7, 11) is 1.51. The summed E-state index contributed by atoms with van der Waals surface area (Å²) in [6.07, 6.45) is 0.335. The van der Waals surface area contributed by atoms with Crippen LogP contribution < -0.4 is 0 Å². The number of halogens is 1. The van der Waals surface area contributed by atoms with Crippen LogP contribution >= 0.6 is 11.6 Å². The van der Waals surface area contributed by atoms with Crippen molar-refractivity contribution in [3.05, 3.63) is 0 Å². The first-order valence-corrected chi connectivity index (χ1v) is 7.50. The molecule has 0 saturated heterocycles. The molecule has 0 unspecified atom stereocenters. The highest BCUT2D eigenvalue weighted by Gasteiger charge is 2.44. The molecular weight excluding hydrogens is 300 g/mol. The summed E-state index contributed by atoms with van der Waals surface area (Å²) < 4.78 is 20.1. The molecule has 0 bridgehead atoms. The van der Waals surface area contributed by atoms with Crippen LogP contribution in [0.5, 0.6) is 0 Å². The number of carbonyl (C=O) groups is 2. The minimum Gasteiger partial charge on any atom is -0.465 e. The van der Waals surface area contributed by atoms with Gasteiger partial charge in [0.15, 0.2) is 5.41 Å². The van der Waals surface area contributed by atoms with Crippen molar-refractivity contribution in [3.63, 3.8) is 0 Å². The highest BCUT2D eigenvalue weighted by molar-refractivity contribution is 6.18. The molecule has 0 saturated carbocycles. The molecule has 0 aromatic rings. The van der Waals surface area contributed by atoms with Crippen LogP contribution in [-0.2, 0) is 28.5 Å². The zero-order valence-corrected chi connectivity index (χ0v) is 13.9. The largest absolute Gasteiger partial charge is 0.465 e. The second-order valence-electron chi connectivity index (χ2n) is 4.66. The molecule has 0 fully saturated rings. The first-order chi connectivity index (χ1) is 9.96. The molecule has 0 N–H and O–H groups in total. The van der Waals surface area contributed by atoms with Gasteiger partial charge in [-0.15, -0.1) is 11.6 Å². The van der Waals surface area contributed by atoms with E-state index < -0.39 is 17.4 Å². The maximum absolute atomic E-state index is 12.1. The number of rotatable bonds is 11. The van der Waals surface area contributed by atoms with Gasteiger partial charge in [0.25, 0.3) is 0 Å². The summed E-state index contributed by atoms with van der Waals surface area (Å²) in [4.78, 5) is 24.1. The van der Waals surface area contributed by atoms with Gasteiger partial charge in [-0.05, 0) is 33.6 Å². The number of ether oxygens (including phenoxy) is 4. The smallest absolute Gasteiger partial charge is 0.323 e. The molecule has 21 heavy (non-hydrogen) atoms. The molecule has 124 valence electrons. The van der Waals surface area contributed by atoms with E-state index in [1.807, 2.05) is 0 Å². The Morgan fingerprint density at radius 2 is 1.67 bits per heavy atom. The van der Waals surface area contributed by atoms with Gasteiger partial charge >= 0.3 is 11.9 Å². The van der Waals surface area contributed by atoms with Crippen molar-refractivity contribution in [3.8, 4) is 0 Å². The van der Waals surface area contributed by atoms with Crippen molar-refractivity contribution in [2.45, 2.75) is 39.7 Å². The fourth-order valence-corrected chi connectivity index (χ4v) is 1.93. The summed E-state index contributed by atoms with van der Waals surface area (Å²) >= 11 is 5.80. The number of hydrogen-bond acceptors (Lipinski definition) is 6. The minimum absolute atomic E-state index is 0.104. The molecule has 0 aliphatic heterocycles. The van der Waals surface area contributed by atoms with E-state index in [0.717, 1.165) is 0 Å². The van der Waals surface area contributed by atoms with E-state index in [0.29, 0.717) is 6.42 Å². The SMILES string of the molecule is CCOC(=O)C(C)(CC[C@@H](CCl)OCOC)C(=O)OCC. The molecule has 0 aromatic carbocycles. The Bertz CT molecular complexity index is 303. The molecule has 1 atom stereocenters. The Kier molecular flexibility index (Phi) is 10.4. The van der Waals surface area contributed by atoms with E-state index in [4.69, 9.17) is 30.5 Å². The van der Waals surface area contributed by atoms with Gasteiger partial charge in [-0.25, -0.2) is 0 Å². The van der Waals surface area contributed by atoms with Crippen molar-refractivity contribution in [1.82, 2.24) is 0 Å². The maximum Gasteiger partial charge on any atom is 0.323 e. The molecule has 0 aromatic heterocycles. The molecule has 0 heterocycles. The highest BCUT2D eigenvalue weighted by Crippen LogP contribution is 2.29.